The van der Waals surface area contributed by atoms with Crippen LogP contribution in [0.1, 0.15) is 20.8 Å². The number of ketones is 1. The molecule has 0 unspecified atom stereocenters. The number of carbonyl (C=O) groups excluding carboxylic acids is 2. The second kappa shape index (κ2) is 6.27. The molecule has 0 radical (unpaired) electrons. The summed E-state index contributed by atoms with van der Waals surface area (Å²) in [5.41, 5.74) is 0. The fraction of sp³-hybridized carbons (Fsp3) is 0.600. The average molecular weight is 120 g/mol. The highest BCUT2D eigenvalue weighted by molar-refractivity contribution is 5.72. The number of hydrogen-bond donors (Lipinski definition) is 0. The molecular weight excluding hydrogens is 111 g/mol. The van der Waals surface area contributed by atoms with Crippen LogP contribution in [0.4, 0.5) is 4.39 Å². The second-order valence-corrected chi connectivity index (χ2v) is 1.38. The summed E-state index contributed by atoms with van der Waals surface area (Å²) < 4.78 is 10.4. The smallest absolute Gasteiger partial charge is 0.298 e. The Morgan fingerprint density at radius 1 is 1.12 bits per heavy atom. The maximum Gasteiger partial charge on any atom is 0.298 e. The lowest BCUT2D eigenvalue weighted by atomic mass is 10.6. The molecule has 0 saturated carbocycles. The minimum atomic E-state index is -1.33. The Morgan fingerprint density at radius 3 is 1.12 bits per heavy atom. The van der Waals surface area contributed by atoms with Gasteiger partial charge < -0.3 is 4.79 Å². The van der Waals surface area contributed by atoms with Gasteiger partial charge in [-0.25, -0.2) is 0 Å². The summed E-state index contributed by atoms with van der Waals surface area (Å²) in [6.07, 6.45) is 0. The lowest BCUT2D eigenvalue weighted by molar-refractivity contribution is -0.126. The summed E-state index contributed by atoms with van der Waals surface area (Å²) in [7, 11) is 0. The molecule has 0 amide bonds. The topological polar surface area (TPSA) is 34.1 Å². The van der Waals surface area contributed by atoms with Crippen molar-refractivity contribution in [2.24, 2.45) is 0 Å². The molecule has 0 aromatic carbocycles. The van der Waals surface area contributed by atoms with Crippen LogP contribution in [0.5, 0.6) is 0 Å². The van der Waals surface area contributed by atoms with Crippen LogP contribution in [0.25, 0.3) is 0 Å². The van der Waals surface area contributed by atoms with Gasteiger partial charge in [0.15, 0.2) is 0 Å². The first kappa shape index (κ1) is 10.3. The second-order valence-electron chi connectivity index (χ2n) is 1.38. The van der Waals surface area contributed by atoms with Gasteiger partial charge in [0, 0.05) is 6.92 Å². The van der Waals surface area contributed by atoms with Gasteiger partial charge in [0.05, 0.1) is 0 Å². The fourth-order valence-electron chi connectivity index (χ4n) is 0. The number of rotatable bonds is 0. The Balaban J connectivity index is 0. The van der Waals surface area contributed by atoms with Crippen LogP contribution in [0.2, 0.25) is 0 Å². The molecule has 0 aliphatic rings. The Hall–Kier alpha value is -0.730. The van der Waals surface area contributed by atoms with E-state index in [2.05, 4.69) is 0 Å². The summed E-state index contributed by atoms with van der Waals surface area (Å²) in [4.78, 5) is 18.2. The molecule has 0 N–H and O–H groups in total. The van der Waals surface area contributed by atoms with Crippen LogP contribution in [0.3, 0.4) is 0 Å². The Kier molecular flexibility index (Phi) is 8.07. The van der Waals surface area contributed by atoms with Crippen molar-refractivity contribution in [3.8, 4) is 0 Å². The van der Waals surface area contributed by atoms with Crippen molar-refractivity contribution in [3.05, 3.63) is 0 Å². The Bertz CT molecular complexity index is 68.4. The van der Waals surface area contributed by atoms with E-state index in [1.54, 1.807) is 0 Å². The predicted molar refractivity (Wildman–Crippen MR) is 28.1 cm³/mol. The third-order valence-electron chi connectivity index (χ3n) is 0. The zero-order valence-corrected chi connectivity index (χ0v) is 5.19. The quantitative estimate of drug-likeness (QED) is 0.448. The molecule has 0 heterocycles. The molecule has 0 fully saturated rings. The van der Waals surface area contributed by atoms with Crippen LogP contribution in [-0.4, -0.2) is 11.8 Å². The number of carbonyl (C=O) groups is 2. The summed E-state index contributed by atoms with van der Waals surface area (Å²) in [6, 6.07) is -1.33. The summed E-state index contributed by atoms with van der Waals surface area (Å²) in [5.74, 6) is 0.167. The first-order valence-electron chi connectivity index (χ1n) is 2.10. The third-order valence-corrected chi connectivity index (χ3v) is 0. The number of hydrogen-bond acceptors (Lipinski definition) is 2. The minimum absolute atomic E-state index is 0.167. The average Bonchev–Trinajstić information content (AvgIpc) is 1.25. The van der Waals surface area contributed by atoms with Crippen LogP contribution >= 0.6 is 0 Å². The van der Waals surface area contributed by atoms with Crippen molar-refractivity contribution in [2.45, 2.75) is 20.8 Å². The number of halogens is 1. The molecule has 8 heavy (non-hydrogen) atoms. The lowest BCUT2D eigenvalue weighted by Crippen LogP contribution is -1.69. The molecule has 3 heteroatoms. The number of Topliss-reactive ketones (excluding diaryl/α,β-unsaturated/α-hetero) is 1. The van der Waals surface area contributed by atoms with Gasteiger partial charge in [-0.15, -0.1) is 0 Å². The van der Waals surface area contributed by atoms with Crippen molar-refractivity contribution in [1.82, 2.24) is 0 Å². The van der Waals surface area contributed by atoms with Crippen LogP contribution in [0.15, 0.2) is 0 Å². The molecule has 0 aliphatic heterocycles. The van der Waals surface area contributed by atoms with E-state index >= 15 is 0 Å². The van der Waals surface area contributed by atoms with Gasteiger partial charge in [-0.1, -0.05) is 0 Å². The van der Waals surface area contributed by atoms with Gasteiger partial charge in [-0.2, -0.15) is 4.39 Å². The van der Waals surface area contributed by atoms with E-state index in [-0.39, 0.29) is 5.78 Å². The van der Waals surface area contributed by atoms with Crippen molar-refractivity contribution in [1.29, 1.82) is 0 Å². The molecular formula is C5H9FO2. The highest BCUT2D eigenvalue weighted by Crippen LogP contribution is 1.58. The summed E-state index contributed by atoms with van der Waals surface area (Å²) >= 11 is 0. The van der Waals surface area contributed by atoms with Gasteiger partial charge in [0.2, 0.25) is 0 Å². The maximum atomic E-state index is 10.4. The third kappa shape index (κ3) is 180. The van der Waals surface area contributed by atoms with Gasteiger partial charge >= 0.3 is 0 Å². The molecule has 0 spiro atoms. The van der Waals surface area contributed by atoms with Crippen molar-refractivity contribution in [2.75, 3.05) is 0 Å². The van der Waals surface area contributed by atoms with E-state index in [1.807, 2.05) is 0 Å². The maximum absolute atomic E-state index is 10.4. The Labute approximate surface area is 47.7 Å². The van der Waals surface area contributed by atoms with Crippen molar-refractivity contribution < 1.29 is 14.0 Å². The van der Waals surface area contributed by atoms with E-state index in [0.29, 0.717) is 0 Å². The summed E-state index contributed by atoms with van der Waals surface area (Å²) in [6.45, 7) is 3.92. The first-order chi connectivity index (χ1) is 3.46. The predicted octanol–water partition coefficient (Wildman–Crippen LogP) is 1.10. The molecule has 2 nitrogen and oxygen atoms in total. The molecule has 0 saturated heterocycles. The van der Waals surface area contributed by atoms with Gasteiger partial charge in [0.1, 0.15) is 5.78 Å². The van der Waals surface area contributed by atoms with E-state index in [1.165, 1.54) is 13.8 Å². The molecule has 0 atom stereocenters. The zero-order chi connectivity index (χ0) is 7.15. The monoisotopic (exact) mass is 120 g/mol. The lowest BCUT2D eigenvalue weighted by Gasteiger charge is -1.56. The van der Waals surface area contributed by atoms with Gasteiger partial charge in [-0.05, 0) is 13.8 Å². The van der Waals surface area contributed by atoms with E-state index in [4.69, 9.17) is 4.79 Å². The van der Waals surface area contributed by atoms with Crippen LogP contribution < -0.4 is 0 Å². The van der Waals surface area contributed by atoms with E-state index in [9.17, 15) is 9.18 Å². The molecule has 0 bridgehead atoms. The molecule has 0 aromatic heterocycles. The minimum Gasteiger partial charge on any atom is -0.300 e. The first-order valence-corrected chi connectivity index (χ1v) is 2.10. The largest absolute Gasteiger partial charge is 0.300 e. The SMILES string of the molecule is CC(=O)F.CC(C)=O. The molecule has 48 valence electrons. The molecule has 0 aromatic rings. The van der Waals surface area contributed by atoms with Crippen LogP contribution in [0, 0.1) is 0 Å². The van der Waals surface area contributed by atoms with E-state index in [0.717, 1.165) is 6.92 Å². The molecule has 0 rings (SSSR count). The normalized spacial score (nSPS) is 6.50. The fourth-order valence-corrected chi connectivity index (χ4v) is 0. The highest BCUT2D eigenvalue weighted by atomic mass is 19.1. The molecule has 0 aliphatic carbocycles. The summed E-state index contributed by atoms with van der Waals surface area (Å²) in [5, 5.41) is 0. The standard InChI is InChI=1S/C3H6O.C2H3FO/c1-3(2)4;1-2(3)4/h1-2H3;1H3. The Morgan fingerprint density at radius 2 is 1.12 bits per heavy atom. The van der Waals surface area contributed by atoms with Crippen LogP contribution in [-0.2, 0) is 9.59 Å². The van der Waals surface area contributed by atoms with Crippen molar-refractivity contribution in [3.63, 3.8) is 0 Å². The van der Waals surface area contributed by atoms with Crippen molar-refractivity contribution >= 4 is 11.8 Å². The zero-order valence-electron chi connectivity index (χ0n) is 5.19. The van der Waals surface area contributed by atoms with Gasteiger partial charge in [0.25, 0.3) is 6.04 Å². The van der Waals surface area contributed by atoms with E-state index < -0.39 is 6.04 Å². The van der Waals surface area contributed by atoms with Gasteiger partial charge in [-0.3, -0.25) is 4.79 Å². The highest BCUT2D eigenvalue weighted by Gasteiger charge is 1.69.